The third-order valence-corrected chi connectivity index (χ3v) is 5.43. The largest absolute Gasteiger partial charge is 0.376 e. The minimum atomic E-state index is -0.573. The van der Waals surface area contributed by atoms with Gasteiger partial charge >= 0.3 is 0 Å². The van der Waals surface area contributed by atoms with E-state index >= 15 is 0 Å². The Hall–Kier alpha value is -3.25. The molecule has 2 N–H and O–H groups in total. The number of aromatic amines is 1. The van der Waals surface area contributed by atoms with Crippen LogP contribution in [0.4, 0.5) is 4.39 Å². The number of rotatable bonds is 4. The Labute approximate surface area is 166 Å². The molecule has 1 unspecified atom stereocenters. The fourth-order valence-electron chi connectivity index (χ4n) is 3.88. The van der Waals surface area contributed by atoms with Crippen LogP contribution in [0.5, 0.6) is 0 Å². The predicted octanol–water partition coefficient (Wildman–Crippen LogP) is 4.43. The number of hydrogen-bond acceptors (Lipinski definition) is 3. The fourth-order valence-corrected chi connectivity index (χ4v) is 3.88. The zero-order valence-corrected chi connectivity index (χ0v) is 15.7. The lowest BCUT2D eigenvalue weighted by Gasteiger charge is -2.11. The van der Waals surface area contributed by atoms with E-state index in [1.165, 1.54) is 6.07 Å². The van der Waals surface area contributed by atoms with E-state index in [4.69, 9.17) is 4.74 Å². The second-order valence-electron chi connectivity index (χ2n) is 7.36. The SMILES string of the molecule is O=C(NCC1CCCO1)c1cc2c(-c3ccc4ccccc4c3)n[nH]c2cc1F. The van der Waals surface area contributed by atoms with Gasteiger partial charge in [-0.25, -0.2) is 4.39 Å². The highest BCUT2D eigenvalue weighted by Gasteiger charge is 2.20. The van der Waals surface area contributed by atoms with Crippen LogP contribution in [0.2, 0.25) is 0 Å². The van der Waals surface area contributed by atoms with E-state index in [9.17, 15) is 9.18 Å². The van der Waals surface area contributed by atoms with Crippen LogP contribution in [0.25, 0.3) is 32.9 Å². The highest BCUT2D eigenvalue weighted by atomic mass is 19.1. The van der Waals surface area contributed by atoms with Crippen molar-refractivity contribution in [2.24, 2.45) is 0 Å². The normalized spacial score (nSPS) is 16.5. The predicted molar refractivity (Wildman–Crippen MR) is 110 cm³/mol. The molecule has 0 bridgehead atoms. The Kier molecular flexibility index (Phi) is 4.48. The molecule has 5 nitrogen and oxygen atoms in total. The standard InChI is InChI=1S/C23H20FN3O2/c24-20-12-21-19(11-18(20)23(28)25-13-17-6-3-9-29-17)22(27-26-21)16-8-7-14-4-1-2-5-15(14)10-16/h1-2,4-5,7-8,10-12,17H,3,6,9,13H2,(H,25,28)(H,26,27). The molecule has 5 rings (SSSR count). The summed E-state index contributed by atoms with van der Waals surface area (Å²) in [6, 6.07) is 17.0. The molecule has 1 atom stereocenters. The molecular weight excluding hydrogens is 369 g/mol. The maximum Gasteiger partial charge on any atom is 0.254 e. The molecule has 6 heteroatoms. The minimum absolute atomic E-state index is 0.00725. The van der Waals surface area contributed by atoms with Crippen LogP contribution in [0, 0.1) is 5.82 Å². The first-order chi connectivity index (χ1) is 14.2. The summed E-state index contributed by atoms with van der Waals surface area (Å²) >= 11 is 0. The van der Waals surface area contributed by atoms with E-state index in [0.717, 1.165) is 29.2 Å². The third-order valence-electron chi connectivity index (χ3n) is 5.43. The minimum Gasteiger partial charge on any atom is -0.376 e. The van der Waals surface area contributed by atoms with E-state index < -0.39 is 11.7 Å². The number of nitrogens with zero attached hydrogens (tertiary/aromatic N) is 1. The van der Waals surface area contributed by atoms with Crippen molar-refractivity contribution in [1.29, 1.82) is 0 Å². The summed E-state index contributed by atoms with van der Waals surface area (Å²) in [6.45, 7) is 1.10. The lowest BCUT2D eigenvalue weighted by atomic mass is 10.0. The molecule has 0 aliphatic carbocycles. The Morgan fingerprint density at radius 1 is 1.17 bits per heavy atom. The third kappa shape index (κ3) is 3.36. The molecular formula is C23H20FN3O2. The van der Waals surface area contributed by atoms with Crippen molar-refractivity contribution in [2.75, 3.05) is 13.2 Å². The Balaban J connectivity index is 1.50. The quantitative estimate of drug-likeness (QED) is 0.543. The molecule has 0 radical (unpaired) electrons. The highest BCUT2D eigenvalue weighted by Crippen LogP contribution is 2.30. The van der Waals surface area contributed by atoms with Gasteiger partial charge in [-0.1, -0.05) is 36.4 Å². The fraction of sp³-hybridized carbons (Fsp3) is 0.217. The highest BCUT2D eigenvalue weighted by molar-refractivity contribution is 6.02. The number of nitrogens with one attached hydrogen (secondary N) is 2. The number of halogens is 1. The number of aromatic nitrogens is 2. The molecule has 4 aromatic rings. The van der Waals surface area contributed by atoms with E-state index in [1.807, 2.05) is 42.5 Å². The van der Waals surface area contributed by atoms with Crippen molar-refractivity contribution in [2.45, 2.75) is 18.9 Å². The van der Waals surface area contributed by atoms with Crippen LogP contribution in [-0.4, -0.2) is 35.4 Å². The van der Waals surface area contributed by atoms with Crippen LogP contribution >= 0.6 is 0 Å². The van der Waals surface area contributed by atoms with Crippen molar-refractivity contribution < 1.29 is 13.9 Å². The number of carbonyl (C=O) groups is 1. The lowest BCUT2D eigenvalue weighted by Crippen LogP contribution is -2.32. The molecule has 146 valence electrons. The molecule has 1 aliphatic heterocycles. The van der Waals surface area contributed by atoms with Crippen LogP contribution in [-0.2, 0) is 4.74 Å². The summed E-state index contributed by atoms with van der Waals surface area (Å²) in [7, 11) is 0. The average Bonchev–Trinajstić information content (AvgIpc) is 3.40. The number of carbonyl (C=O) groups excluding carboxylic acids is 1. The Bertz CT molecular complexity index is 1210. The first-order valence-corrected chi connectivity index (χ1v) is 9.75. The molecule has 2 heterocycles. The van der Waals surface area contributed by atoms with Gasteiger partial charge in [0.05, 0.1) is 22.9 Å². The molecule has 1 fully saturated rings. The summed E-state index contributed by atoms with van der Waals surface area (Å²) in [5.41, 5.74) is 2.17. The lowest BCUT2D eigenvalue weighted by molar-refractivity contribution is 0.0854. The average molecular weight is 389 g/mol. The van der Waals surface area contributed by atoms with Gasteiger partial charge in [0, 0.05) is 30.2 Å². The van der Waals surface area contributed by atoms with Gasteiger partial charge in [0.15, 0.2) is 0 Å². The van der Waals surface area contributed by atoms with Crippen molar-refractivity contribution in [3.63, 3.8) is 0 Å². The smallest absolute Gasteiger partial charge is 0.254 e. The number of amides is 1. The van der Waals surface area contributed by atoms with E-state index in [2.05, 4.69) is 15.5 Å². The van der Waals surface area contributed by atoms with Gasteiger partial charge in [0.1, 0.15) is 5.82 Å². The molecule has 3 aromatic carbocycles. The number of ether oxygens (including phenoxy) is 1. The molecule has 29 heavy (non-hydrogen) atoms. The molecule has 1 aromatic heterocycles. The number of H-pyrrole nitrogens is 1. The van der Waals surface area contributed by atoms with Gasteiger partial charge in [-0.05, 0) is 35.7 Å². The Morgan fingerprint density at radius 3 is 2.86 bits per heavy atom. The van der Waals surface area contributed by atoms with E-state index in [1.54, 1.807) is 6.07 Å². The molecule has 1 saturated heterocycles. The number of benzene rings is 3. The van der Waals surface area contributed by atoms with Gasteiger partial charge in [0.2, 0.25) is 0 Å². The first-order valence-electron chi connectivity index (χ1n) is 9.75. The monoisotopic (exact) mass is 389 g/mol. The van der Waals surface area contributed by atoms with Crippen molar-refractivity contribution in [1.82, 2.24) is 15.5 Å². The second-order valence-corrected chi connectivity index (χ2v) is 7.36. The van der Waals surface area contributed by atoms with Gasteiger partial charge in [-0.3, -0.25) is 9.89 Å². The van der Waals surface area contributed by atoms with Crippen LogP contribution in [0.1, 0.15) is 23.2 Å². The molecule has 1 aliphatic rings. The second kappa shape index (κ2) is 7.29. The van der Waals surface area contributed by atoms with Gasteiger partial charge in [0.25, 0.3) is 5.91 Å². The van der Waals surface area contributed by atoms with Crippen molar-refractivity contribution >= 4 is 27.6 Å². The summed E-state index contributed by atoms with van der Waals surface area (Å²) in [5.74, 6) is -1.01. The Morgan fingerprint density at radius 2 is 2.03 bits per heavy atom. The van der Waals surface area contributed by atoms with Crippen LogP contribution in [0.3, 0.4) is 0 Å². The van der Waals surface area contributed by atoms with E-state index in [-0.39, 0.29) is 11.7 Å². The summed E-state index contributed by atoms with van der Waals surface area (Å²) in [4.78, 5) is 12.6. The molecule has 0 saturated carbocycles. The molecule has 0 spiro atoms. The number of hydrogen-bond donors (Lipinski definition) is 2. The van der Waals surface area contributed by atoms with E-state index in [0.29, 0.717) is 29.7 Å². The zero-order valence-electron chi connectivity index (χ0n) is 15.7. The summed E-state index contributed by atoms with van der Waals surface area (Å²) in [5, 5.41) is 13.0. The number of fused-ring (bicyclic) bond motifs is 2. The van der Waals surface area contributed by atoms with Gasteiger partial charge < -0.3 is 10.1 Å². The summed E-state index contributed by atoms with van der Waals surface area (Å²) < 4.78 is 20.1. The summed E-state index contributed by atoms with van der Waals surface area (Å²) in [6.07, 6.45) is 1.91. The van der Waals surface area contributed by atoms with Crippen molar-refractivity contribution in [3.05, 3.63) is 66.0 Å². The maximum atomic E-state index is 14.6. The first kappa shape index (κ1) is 17.8. The van der Waals surface area contributed by atoms with Crippen LogP contribution in [0.15, 0.2) is 54.6 Å². The van der Waals surface area contributed by atoms with Crippen molar-refractivity contribution in [3.8, 4) is 11.3 Å². The van der Waals surface area contributed by atoms with Gasteiger partial charge in [-0.15, -0.1) is 0 Å². The topological polar surface area (TPSA) is 67.0 Å². The molecule has 1 amide bonds. The van der Waals surface area contributed by atoms with Crippen LogP contribution < -0.4 is 5.32 Å². The zero-order chi connectivity index (χ0) is 19.8. The van der Waals surface area contributed by atoms with Gasteiger partial charge in [-0.2, -0.15) is 5.10 Å². The maximum absolute atomic E-state index is 14.6.